The Bertz CT molecular complexity index is 451. The minimum absolute atomic E-state index is 0.240. The molecule has 3 rings (SSSR count). The number of benzene rings is 1. The Kier molecular flexibility index (Phi) is 6.28. The van der Waals surface area contributed by atoms with E-state index in [9.17, 15) is 5.11 Å². The molecule has 0 amide bonds. The fourth-order valence-corrected chi connectivity index (χ4v) is 3.07. The van der Waals surface area contributed by atoms with Crippen LogP contribution in [0.3, 0.4) is 0 Å². The number of aliphatic hydroxyl groups is 1. The highest BCUT2D eigenvalue weighted by Crippen LogP contribution is 2.20. The van der Waals surface area contributed by atoms with E-state index in [4.69, 9.17) is 14.2 Å². The van der Waals surface area contributed by atoms with E-state index >= 15 is 0 Å². The van der Waals surface area contributed by atoms with Crippen molar-refractivity contribution in [3.63, 3.8) is 0 Å². The van der Waals surface area contributed by atoms with Crippen molar-refractivity contribution in [3.05, 3.63) is 29.8 Å². The molecule has 1 aromatic rings. The second-order valence-electron chi connectivity index (χ2n) is 6.38. The smallest absolute Gasteiger partial charge is 0.191 e. The summed E-state index contributed by atoms with van der Waals surface area (Å²) in [5, 5.41) is 9.19. The first-order valence-corrected chi connectivity index (χ1v) is 8.61. The average Bonchev–Trinajstić information content (AvgIpc) is 2.63. The molecular formula is C18H27NO4. The van der Waals surface area contributed by atoms with Gasteiger partial charge in [-0.1, -0.05) is 12.1 Å². The summed E-state index contributed by atoms with van der Waals surface area (Å²) in [7, 11) is 0. The minimum Gasteiger partial charge on any atom is -0.488 e. The van der Waals surface area contributed by atoms with Crippen LogP contribution in [0.5, 0.6) is 5.75 Å². The molecule has 0 atom stereocenters. The van der Waals surface area contributed by atoms with Crippen LogP contribution in [0.2, 0.25) is 0 Å². The first-order chi connectivity index (χ1) is 11.3. The Labute approximate surface area is 138 Å². The summed E-state index contributed by atoms with van der Waals surface area (Å²) in [5.41, 5.74) is 1.30. The Morgan fingerprint density at radius 3 is 2.43 bits per heavy atom. The van der Waals surface area contributed by atoms with Gasteiger partial charge in [0.25, 0.3) is 0 Å². The minimum atomic E-state index is -0.240. The van der Waals surface area contributed by atoms with Crippen molar-refractivity contribution in [2.75, 3.05) is 39.5 Å². The fourth-order valence-electron chi connectivity index (χ4n) is 3.07. The van der Waals surface area contributed by atoms with Gasteiger partial charge in [-0.15, -0.1) is 0 Å². The van der Waals surface area contributed by atoms with E-state index in [0.717, 1.165) is 57.9 Å². The summed E-state index contributed by atoms with van der Waals surface area (Å²) in [6, 6.07) is 8.27. The highest BCUT2D eigenvalue weighted by Gasteiger charge is 2.18. The van der Waals surface area contributed by atoms with Gasteiger partial charge in [0, 0.05) is 13.2 Å². The third-order valence-electron chi connectivity index (χ3n) is 4.58. The quantitative estimate of drug-likeness (QED) is 0.869. The molecule has 2 fully saturated rings. The van der Waals surface area contributed by atoms with Crippen LogP contribution in [0.15, 0.2) is 24.3 Å². The van der Waals surface area contributed by atoms with E-state index in [2.05, 4.69) is 17.0 Å². The highest BCUT2D eigenvalue weighted by atomic mass is 16.7. The van der Waals surface area contributed by atoms with Gasteiger partial charge in [0.1, 0.15) is 12.4 Å². The molecule has 1 aromatic carbocycles. The maximum absolute atomic E-state index is 9.19. The van der Waals surface area contributed by atoms with Gasteiger partial charge in [-0.2, -0.15) is 0 Å². The maximum Gasteiger partial charge on any atom is 0.191 e. The Balaban J connectivity index is 1.42. The number of hydrogen-bond acceptors (Lipinski definition) is 5. The zero-order chi connectivity index (χ0) is 15.9. The molecule has 2 aliphatic heterocycles. The van der Waals surface area contributed by atoms with Crippen molar-refractivity contribution in [2.45, 2.75) is 32.1 Å². The molecule has 0 spiro atoms. The van der Waals surface area contributed by atoms with Gasteiger partial charge in [0.15, 0.2) is 6.29 Å². The molecule has 2 aliphatic rings. The number of piperidine rings is 1. The standard InChI is InChI=1S/C18H27NO4/c20-13-16-6-8-19(9-7-16)12-15-2-4-17(5-3-15)23-14-18-21-10-1-11-22-18/h2-5,16,18,20H,1,6-14H2. The summed E-state index contributed by atoms with van der Waals surface area (Å²) in [6.45, 7) is 5.37. The van der Waals surface area contributed by atoms with Crippen LogP contribution in [0, 0.1) is 5.92 Å². The summed E-state index contributed by atoms with van der Waals surface area (Å²) in [5.74, 6) is 1.34. The molecule has 128 valence electrons. The molecular weight excluding hydrogens is 294 g/mol. The first-order valence-electron chi connectivity index (χ1n) is 8.61. The second-order valence-corrected chi connectivity index (χ2v) is 6.38. The number of hydrogen-bond donors (Lipinski definition) is 1. The van der Waals surface area contributed by atoms with E-state index in [1.54, 1.807) is 0 Å². The summed E-state index contributed by atoms with van der Waals surface area (Å²) >= 11 is 0. The third-order valence-corrected chi connectivity index (χ3v) is 4.58. The predicted molar refractivity (Wildman–Crippen MR) is 87.3 cm³/mol. The number of ether oxygens (including phenoxy) is 3. The van der Waals surface area contributed by atoms with Crippen molar-refractivity contribution >= 4 is 0 Å². The molecule has 2 saturated heterocycles. The lowest BCUT2D eigenvalue weighted by Gasteiger charge is -2.31. The van der Waals surface area contributed by atoms with Gasteiger partial charge in [0.05, 0.1) is 13.2 Å². The topological polar surface area (TPSA) is 51.2 Å². The van der Waals surface area contributed by atoms with Crippen LogP contribution in [0.4, 0.5) is 0 Å². The molecule has 2 heterocycles. The molecule has 0 radical (unpaired) electrons. The molecule has 1 N–H and O–H groups in total. The van der Waals surface area contributed by atoms with Crippen molar-refractivity contribution in [1.82, 2.24) is 4.90 Å². The molecule has 0 saturated carbocycles. The van der Waals surface area contributed by atoms with Crippen molar-refractivity contribution in [3.8, 4) is 5.75 Å². The number of rotatable bonds is 6. The van der Waals surface area contributed by atoms with Gasteiger partial charge in [-0.25, -0.2) is 0 Å². The molecule has 0 bridgehead atoms. The van der Waals surface area contributed by atoms with Crippen LogP contribution in [0.1, 0.15) is 24.8 Å². The van der Waals surface area contributed by atoms with Crippen LogP contribution in [-0.4, -0.2) is 55.8 Å². The molecule has 0 aromatic heterocycles. The van der Waals surface area contributed by atoms with Crippen molar-refractivity contribution in [1.29, 1.82) is 0 Å². The van der Waals surface area contributed by atoms with Crippen molar-refractivity contribution < 1.29 is 19.3 Å². The number of likely N-dealkylation sites (tertiary alicyclic amines) is 1. The molecule has 5 heteroatoms. The van der Waals surface area contributed by atoms with E-state index in [1.165, 1.54) is 5.56 Å². The van der Waals surface area contributed by atoms with Crippen LogP contribution in [-0.2, 0) is 16.0 Å². The van der Waals surface area contributed by atoms with Gasteiger partial charge < -0.3 is 19.3 Å². The van der Waals surface area contributed by atoms with Gasteiger partial charge >= 0.3 is 0 Å². The zero-order valence-electron chi connectivity index (χ0n) is 13.7. The monoisotopic (exact) mass is 321 g/mol. The first kappa shape index (κ1) is 16.7. The Morgan fingerprint density at radius 2 is 1.78 bits per heavy atom. The van der Waals surface area contributed by atoms with E-state index < -0.39 is 0 Å². The lowest BCUT2D eigenvalue weighted by Crippen LogP contribution is -2.34. The maximum atomic E-state index is 9.19. The highest BCUT2D eigenvalue weighted by molar-refractivity contribution is 5.27. The van der Waals surface area contributed by atoms with E-state index in [-0.39, 0.29) is 6.29 Å². The summed E-state index contributed by atoms with van der Waals surface area (Å²) in [4.78, 5) is 2.45. The SMILES string of the molecule is OCC1CCN(Cc2ccc(OCC3OCCCO3)cc2)CC1. The zero-order valence-corrected chi connectivity index (χ0v) is 13.7. The van der Waals surface area contributed by atoms with Crippen LogP contribution >= 0.6 is 0 Å². The summed E-state index contributed by atoms with van der Waals surface area (Å²) in [6.07, 6.45) is 2.91. The number of aliphatic hydroxyl groups excluding tert-OH is 1. The van der Waals surface area contributed by atoms with E-state index in [0.29, 0.717) is 19.1 Å². The van der Waals surface area contributed by atoms with Gasteiger partial charge in [-0.05, 0) is 56.0 Å². The predicted octanol–water partition coefficient (Wildman–Crippen LogP) is 2.03. The van der Waals surface area contributed by atoms with Crippen molar-refractivity contribution in [2.24, 2.45) is 5.92 Å². The lowest BCUT2D eigenvalue weighted by molar-refractivity contribution is -0.191. The molecule has 0 aliphatic carbocycles. The summed E-state index contributed by atoms with van der Waals surface area (Å²) < 4.78 is 16.7. The normalized spacial score (nSPS) is 21.4. The van der Waals surface area contributed by atoms with Crippen LogP contribution in [0.25, 0.3) is 0 Å². The largest absolute Gasteiger partial charge is 0.488 e. The van der Waals surface area contributed by atoms with Gasteiger partial charge in [-0.3, -0.25) is 4.90 Å². The van der Waals surface area contributed by atoms with Crippen LogP contribution < -0.4 is 4.74 Å². The molecule has 23 heavy (non-hydrogen) atoms. The Morgan fingerprint density at radius 1 is 1.09 bits per heavy atom. The average molecular weight is 321 g/mol. The fraction of sp³-hybridized carbons (Fsp3) is 0.667. The molecule has 0 unspecified atom stereocenters. The molecule has 5 nitrogen and oxygen atoms in total. The number of nitrogens with zero attached hydrogens (tertiary/aromatic N) is 1. The second kappa shape index (κ2) is 8.64. The van der Waals surface area contributed by atoms with Gasteiger partial charge in [0.2, 0.25) is 0 Å². The third kappa shape index (κ3) is 5.18. The lowest BCUT2D eigenvalue weighted by atomic mass is 9.97. The Hall–Kier alpha value is -1.14. The van der Waals surface area contributed by atoms with E-state index in [1.807, 2.05) is 12.1 Å².